The lowest BCUT2D eigenvalue weighted by atomic mass is 9.97. The number of hydrogen-bond acceptors (Lipinski definition) is 10. The van der Waals surface area contributed by atoms with E-state index in [9.17, 15) is 24.9 Å². The molecule has 37 heavy (non-hydrogen) atoms. The molecule has 200 valence electrons. The predicted molar refractivity (Wildman–Crippen MR) is 132 cm³/mol. The Morgan fingerprint density at radius 2 is 1.62 bits per heavy atom. The van der Waals surface area contributed by atoms with E-state index in [-0.39, 0.29) is 17.1 Å². The number of nitrogens with one attached hydrogen (secondary N) is 1. The van der Waals surface area contributed by atoms with Crippen molar-refractivity contribution >= 4 is 17.8 Å². The third-order valence-corrected chi connectivity index (χ3v) is 5.78. The van der Waals surface area contributed by atoms with Gasteiger partial charge in [0, 0.05) is 19.1 Å². The van der Waals surface area contributed by atoms with Crippen molar-refractivity contribution in [1.82, 2.24) is 5.32 Å². The standard InChI is InChI=1S/C26H31NO10/c1-14(29)27-23-25(32)24(31)21(13-28)37-26(23)36-20-12-17(34-3)11-19(35-4)22(20)18(30)10-7-15-5-8-16(33-2)9-6-15/h5-12,21,23-26,28,31-32H,13H2,1-4H3,(H,27,29)/t21-,23+,24-,25-,26-/m1/s1. The Labute approximate surface area is 214 Å². The molecule has 11 heteroatoms. The number of methoxy groups -OCH3 is 3. The van der Waals surface area contributed by atoms with Crippen LogP contribution in [0.2, 0.25) is 0 Å². The molecular formula is C26H31NO10. The summed E-state index contributed by atoms with van der Waals surface area (Å²) in [5.74, 6) is 0.0971. The van der Waals surface area contributed by atoms with Crippen LogP contribution in [0, 0.1) is 0 Å². The quantitative estimate of drug-likeness (QED) is 0.264. The molecule has 0 radical (unpaired) electrons. The van der Waals surface area contributed by atoms with Gasteiger partial charge in [-0.3, -0.25) is 9.59 Å². The Hall–Kier alpha value is -3.64. The van der Waals surface area contributed by atoms with E-state index in [0.717, 1.165) is 5.56 Å². The van der Waals surface area contributed by atoms with Crippen LogP contribution < -0.4 is 24.3 Å². The molecule has 1 aliphatic rings. The van der Waals surface area contributed by atoms with Gasteiger partial charge in [-0.15, -0.1) is 0 Å². The van der Waals surface area contributed by atoms with Gasteiger partial charge in [0.05, 0.1) is 27.9 Å². The smallest absolute Gasteiger partial charge is 0.223 e. The number of allylic oxidation sites excluding steroid dienone is 1. The fourth-order valence-corrected chi connectivity index (χ4v) is 3.85. The highest BCUT2D eigenvalue weighted by Gasteiger charge is 2.46. The maximum absolute atomic E-state index is 13.3. The van der Waals surface area contributed by atoms with Crippen LogP contribution >= 0.6 is 0 Å². The van der Waals surface area contributed by atoms with Crippen molar-refractivity contribution in [3.8, 4) is 23.0 Å². The number of benzene rings is 2. The minimum absolute atomic E-state index is 0.0267. The number of aliphatic hydroxyl groups is 3. The van der Waals surface area contributed by atoms with Gasteiger partial charge < -0.3 is 44.3 Å². The minimum Gasteiger partial charge on any atom is -0.497 e. The molecule has 2 aromatic rings. The molecule has 0 bridgehead atoms. The Bertz CT molecular complexity index is 1120. The highest BCUT2D eigenvalue weighted by molar-refractivity contribution is 6.10. The summed E-state index contributed by atoms with van der Waals surface area (Å²) in [5, 5.41) is 32.9. The molecule has 0 aliphatic carbocycles. The Balaban J connectivity index is 2.00. The molecule has 1 saturated heterocycles. The molecule has 0 aromatic heterocycles. The average molecular weight is 518 g/mol. The maximum Gasteiger partial charge on any atom is 0.223 e. The largest absolute Gasteiger partial charge is 0.497 e. The third kappa shape index (κ3) is 6.57. The molecule has 11 nitrogen and oxygen atoms in total. The molecular weight excluding hydrogens is 486 g/mol. The van der Waals surface area contributed by atoms with Gasteiger partial charge in [0.15, 0.2) is 5.78 Å². The molecule has 5 atom stereocenters. The molecule has 0 unspecified atom stereocenters. The summed E-state index contributed by atoms with van der Waals surface area (Å²) in [6.45, 7) is 0.602. The van der Waals surface area contributed by atoms with Gasteiger partial charge in [0.2, 0.25) is 12.2 Å². The van der Waals surface area contributed by atoms with Crippen LogP contribution in [0.3, 0.4) is 0 Å². The van der Waals surface area contributed by atoms with E-state index in [1.807, 2.05) is 0 Å². The topological polar surface area (TPSA) is 153 Å². The second kappa shape index (κ2) is 12.5. The molecule has 4 N–H and O–H groups in total. The zero-order valence-corrected chi connectivity index (χ0v) is 20.9. The summed E-state index contributed by atoms with van der Waals surface area (Å²) < 4.78 is 27.5. The lowest BCUT2D eigenvalue weighted by molar-refractivity contribution is -0.244. The Kier molecular flexibility index (Phi) is 9.48. The number of aliphatic hydroxyl groups excluding tert-OH is 3. The Morgan fingerprint density at radius 3 is 2.19 bits per heavy atom. The molecule has 2 aromatic carbocycles. The van der Waals surface area contributed by atoms with Crippen molar-refractivity contribution in [1.29, 1.82) is 0 Å². The highest BCUT2D eigenvalue weighted by Crippen LogP contribution is 2.37. The lowest BCUT2D eigenvalue weighted by Crippen LogP contribution is -2.65. The van der Waals surface area contributed by atoms with E-state index >= 15 is 0 Å². The number of rotatable bonds is 10. The first kappa shape index (κ1) is 27.9. The highest BCUT2D eigenvalue weighted by atomic mass is 16.7. The number of ether oxygens (including phenoxy) is 5. The van der Waals surface area contributed by atoms with Crippen LogP contribution in [0.1, 0.15) is 22.8 Å². The van der Waals surface area contributed by atoms with E-state index in [0.29, 0.717) is 11.5 Å². The van der Waals surface area contributed by atoms with Gasteiger partial charge in [-0.05, 0) is 23.8 Å². The molecule has 0 saturated carbocycles. The van der Waals surface area contributed by atoms with Crippen molar-refractivity contribution in [2.24, 2.45) is 0 Å². The normalized spacial score (nSPS) is 23.4. The number of carbonyl (C=O) groups is 2. The van der Waals surface area contributed by atoms with E-state index in [1.165, 1.54) is 39.4 Å². The Morgan fingerprint density at radius 1 is 0.973 bits per heavy atom. The van der Waals surface area contributed by atoms with Crippen LogP contribution in [-0.2, 0) is 9.53 Å². The maximum atomic E-state index is 13.3. The van der Waals surface area contributed by atoms with Crippen molar-refractivity contribution in [3.05, 3.63) is 53.6 Å². The lowest BCUT2D eigenvalue weighted by Gasteiger charge is -2.42. The van der Waals surface area contributed by atoms with Crippen molar-refractivity contribution in [3.63, 3.8) is 0 Å². The monoisotopic (exact) mass is 517 g/mol. The molecule has 1 amide bonds. The first-order valence-electron chi connectivity index (χ1n) is 11.4. The van der Waals surface area contributed by atoms with Crippen LogP contribution in [0.5, 0.6) is 23.0 Å². The fourth-order valence-electron chi connectivity index (χ4n) is 3.85. The van der Waals surface area contributed by atoms with E-state index in [4.69, 9.17) is 23.7 Å². The number of carbonyl (C=O) groups excluding carboxylic acids is 2. The van der Waals surface area contributed by atoms with E-state index in [1.54, 1.807) is 37.5 Å². The van der Waals surface area contributed by atoms with Crippen LogP contribution in [0.15, 0.2) is 42.5 Å². The van der Waals surface area contributed by atoms with Gasteiger partial charge in [0.1, 0.15) is 52.9 Å². The third-order valence-electron chi connectivity index (χ3n) is 5.78. The second-order valence-corrected chi connectivity index (χ2v) is 8.22. The van der Waals surface area contributed by atoms with Crippen molar-refractivity contribution < 1.29 is 48.6 Å². The molecule has 1 aliphatic heterocycles. The first-order chi connectivity index (χ1) is 17.7. The van der Waals surface area contributed by atoms with Crippen molar-refractivity contribution in [2.45, 2.75) is 37.6 Å². The minimum atomic E-state index is -1.53. The first-order valence-corrected chi connectivity index (χ1v) is 11.4. The summed E-state index contributed by atoms with van der Waals surface area (Å²) in [4.78, 5) is 25.1. The molecule has 0 spiro atoms. The van der Waals surface area contributed by atoms with Crippen molar-refractivity contribution in [2.75, 3.05) is 27.9 Å². The second-order valence-electron chi connectivity index (χ2n) is 8.22. The van der Waals surface area contributed by atoms with Crippen LogP contribution in [-0.4, -0.2) is 85.6 Å². The fraction of sp³-hybridized carbons (Fsp3) is 0.385. The van der Waals surface area contributed by atoms with E-state index in [2.05, 4.69) is 5.32 Å². The summed E-state index contributed by atoms with van der Waals surface area (Å²) in [7, 11) is 4.35. The molecule has 3 rings (SSSR count). The van der Waals surface area contributed by atoms with Gasteiger partial charge >= 0.3 is 0 Å². The number of ketones is 1. The average Bonchev–Trinajstić information content (AvgIpc) is 2.90. The summed E-state index contributed by atoms with van der Waals surface area (Å²) in [6.07, 6.45) is -2.66. The summed E-state index contributed by atoms with van der Waals surface area (Å²) in [6, 6.07) is 8.78. The van der Waals surface area contributed by atoms with Gasteiger partial charge in [-0.1, -0.05) is 18.2 Å². The zero-order valence-electron chi connectivity index (χ0n) is 20.9. The van der Waals surface area contributed by atoms with Crippen LogP contribution in [0.4, 0.5) is 0 Å². The molecule has 1 fully saturated rings. The van der Waals surface area contributed by atoms with Gasteiger partial charge in [-0.25, -0.2) is 0 Å². The van der Waals surface area contributed by atoms with Gasteiger partial charge in [0.25, 0.3) is 0 Å². The number of amides is 1. The van der Waals surface area contributed by atoms with Crippen LogP contribution in [0.25, 0.3) is 6.08 Å². The van der Waals surface area contributed by atoms with Gasteiger partial charge in [-0.2, -0.15) is 0 Å². The van der Waals surface area contributed by atoms with E-state index < -0.39 is 48.9 Å². The summed E-state index contributed by atoms with van der Waals surface area (Å²) in [5.41, 5.74) is 0.771. The number of hydrogen-bond donors (Lipinski definition) is 4. The molecule has 1 heterocycles. The zero-order chi connectivity index (χ0) is 27.1. The predicted octanol–water partition coefficient (Wildman–Crippen LogP) is 0.931. The SMILES string of the molecule is COc1ccc(C=CC(=O)c2c(OC)cc(OC)cc2O[C@@H]2O[C@H](CO)[C@@H](O)[C@H](O)[C@@H]2NC(C)=O)cc1. The summed E-state index contributed by atoms with van der Waals surface area (Å²) >= 11 is 0.